The van der Waals surface area contributed by atoms with E-state index in [1.807, 2.05) is 0 Å². The van der Waals surface area contributed by atoms with Crippen molar-refractivity contribution in [1.29, 1.82) is 0 Å². The van der Waals surface area contributed by atoms with Gasteiger partial charge in [0.25, 0.3) is 0 Å². The molecule has 0 heterocycles. The van der Waals surface area contributed by atoms with Crippen LogP contribution in [0, 0.1) is 0 Å². The summed E-state index contributed by atoms with van der Waals surface area (Å²) in [6, 6.07) is 2.08. The Morgan fingerprint density at radius 1 is 0.955 bits per heavy atom. The zero-order valence-corrected chi connectivity index (χ0v) is 12.3. The van der Waals surface area contributed by atoms with Crippen LogP contribution in [0.5, 0.6) is 17.2 Å². The van der Waals surface area contributed by atoms with E-state index in [9.17, 15) is 13.2 Å². The summed E-state index contributed by atoms with van der Waals surface area (Å²) in [6.07, 6.45) is -4.90. The predicted molar refractivity (Wildman–Crippen MR) is 77.8 cm³/mol. The van der Waals surface area contributed by atoms with Gasteiger partial charge in [0.15, 0.2) is 11.5 Å². The van der Waals surface area contributed by atoms with Gasteiger partial charge in [0.05, 0.1) is 37.8 Å². The fourth-order valence-electron chi connectivity index (χ4n) is 1.69. The Hall–Kier alpha value is -1.44. The molecule has 114 valence electrons. The van der Waals surface area contributed by atoms with Gasteiger partial charge in [-0.3, -0.25) is 0 Å². The van der Waals surface area contributed by atoms with Crippen LogP contribution in [0.4, 0.5) is 13.2 Å². The summed E-state index contributed by atoms with van der Waals surface area (Å²) < 4.78 is 51.0. The Morgan fingerprint density at radius 2 is 1.45 bits per heavy atom. The molecular formula is C12H13B3F3NO3. The average molecular weight is 309 g/mol. The summed E-state index contributed by atoms with van der Waals surface area (Å²) in [4.78, 5) is 0. The van der Waals surface area contributed by atoms with Gasteiger partial charge in [0.1, 0.15) is 5.75 Å². The molecule has 0 bridgehead atoms. The number of rotatable bonds is 5. The van der Waals surface area contributed by atoms with Crippen molar-refractivity contribution in [1.82, 2.24) is 0 Å². The van der Waals surface area contributed by atoms with E-state index in [1.54, 1.807) is 0 Å². The number of halogens is 3. The number of hydrogen-bond donors (Lipinski definition) is 1. The van der Waals surface area contributed by atoms with E-state index in [-0.39, 0.29) is 17.1 Å². The minimum Gasteiger partial charge on any atom is -0.496 e. The Bertz CT molecular complexity index is 545. The molecule has 0 saturated heterocycles. The van der Waals surface area contributed by atoms with Gasteiger partial charge >= 0.3 is 6.36 Å². The van der Waals surface area contributed by atoms with Crippen LogP contribution in [0.15, 0.2) is 12.1 Å². The number of benzene rings is 1. The predicted octanol–water partition coefficient (Wildman–Crippen LogP) is 0.936. The zero-order valence-electron chi connectivity index (χ0n) is 12.3. The van der Waals surface area contributed by atoms with Gasteiger partial charge in [-0.1, -0.05) is 12.1 Å². The highest BCUT2D eigenvalue weighted by Gasteiger charge is 2.38. The fourth-order valence-corrected chi connectivity index (χ4v) is 1.69. The summed E-state index contributed by atoms with van der Waals surface area (Å²) in [5, 5.41) is -1.80. The summed E-state index contributed by atoms with van der Waals surface area (Å²) in [5.41, 5.74) is 4.20. The van der Waals surface area contributed by atoms with Crippen molar-refractivity contribution in [3.05, 3.63) is 17.7 Å². The van der Waals surface area contributed by atoms with E-state index in [2.05, 4.69) is 4.74 Å². The molecule has 22 heavy (non-hydrogen) atoms. The molecule has 1 aromatic carbocycles. The van der Waals surface area contributed by atoms with Gasteiger partial charge in [-0.05, 0) is 17.1 Å². The van der Waals surface area contributed by atoms with Gasteiger partial charge in [0.2, 0.25) is 0 Å². The number of hydrogen-bond acceptors (Lipinski definition) is 4. The molecule has 0 aromatic heterocycles. The Morgan fingerprint density at radius 3 is 1.82 bits per heavy atom. The smallest absolute Gasteiger partial charge is 0.496 e. The third-order valence-corrected chi connectivity index (χ3v) is 3.05. The molecule has 1 rings (SSSR count). The second kappa shape index (κ2) is 5.99. The summed E-state index contributed by atoms with van der Waals surface area (Å²) >= 11 is 0. The molecular weight excluding hydrogens is 296 g/mol. The van der Waals surface area contributed by atoms with Crippen molar-refractivity contribution in [2.75, 3.05) is 14.2 Å². The highest BCUT2D eigenvalue weighted by atomic mass is 19.4. The molecule has 0 aliphatic heterocycles. The van der Waals surface area contributed by atoms with Crippen molar-refractivity contribution < 1.29 is 27.4 Å². The van der Waals surface area contributed by atoms with Gasteiger partial charge < -0.3 is 19.9 Å². The van der Waals surface area contributed by atoms with Crippen molar-refractivity contribution in [3.63, 3.8) is 0 Å². The van der Waals surface area contributed by atoms with Gasteiger partial charge in [-0.15, -0.1) is 13.2 Å². The van der Waals surface area contributed by atoms with Crippen LogP contribution in [0.3, 0.4) is 0 Å². The molecule has 2 N–H and O–H groups in total. The maximum absolute atomic E-state index is 12.4. The van der Waals surface area contributed by atoms with Gasteiger partial charge in [0, 0.05) is 6.07 Å². The zero-order chi connectivity index (χ0) is 17.3. The largest absolute Gasteiger partial charge is 0.573 e. The lowest BCUT2D eigenvalue weighted by Crippen LogP contribution is -2.58. The first kappa shape index (κ1) is 18.6. The number of ether oxygens (including phenoxy) is 3. The van der Waals surface area contributed by atoms with Crippen molar-refractivity contribution in [2.24, 2.45) is 5.73 Å². The van der Waals surface area contributed by atoms with E-state index >= 15 is 0 Å². The van der Waals surface area contributed by atoms with E-state index in [0.717, 1.165) is 19.2 Å². The molecule has 4 nitrogen and oxygen atoms in total. The third kappa shape index (κ3) is 3.85. The standard InChI is InChI=1S/C12H13B3F3NO3/c1-10(13,19)11(14,15)6-4-8(21-3)9(5-7(6)20-2)22-12(16,17)18/h4-5H,19H2,1-3H3. The van der Waals surface area contributed by atoms with E-state index in [4.69, 9.17) is 38.7 Å². The molecule has 0 aliphatic rings. The highest BCUT2D eigenvalue weighted by molar-refractivity contribution is 6.45. The monoisotopic (exact) mass is 309 g/mol. The van der Waals surface area contributed by atoms with Crippen LogP contribution in [-0.2, 0) is 5.21 Å². The number of alkyl halides is 3. The molecule has 1 unspecified atom stereocenters. The van der Waals surface area contributed by atoms with Crippen LogP contribution in [0.2, 0.25) is 0 Å². The van der Waals surface area contributed by atoms with Crippen LogP contribution < -0.4 is 19.9 Å². The molecule has 0 saturated carbocycles. The fraction of sp³-hybridized carbons (Fsp3) is 0.500. The van der Waals surface area contributed by atoms with E-state index < -0.39 is 22.8 Å². The first-order chi connectivity index (χ1) is 9.83. The average Bonchev–Trinajstić information content (AvgIpc) is 2.34. The second-order valence-corrected chi connectivity index (χ2v) is 4.90. The second-order valence-electron chi connectivity index (χ2n) is 4.90. The lowest BCUT2D eigenvalue weighted by Gasteiger charge is -2.41. The Labute approximate surface area is 130 Å². The third-order valence-electron chi connectivity index (χ3n) is 3.05. The van der Waals surface area contributed by atoms with Crippen LogP contribution >= 0.6 is 0 Å². The van der Waals surface area contributed by atoms with Crippen molar-refractivity contribution in [2.45, 2.75) is 23.9 Å². The molecule has 0 spiro atoms. The van der Waals surface area contributed by atoms with Crippen LogP contribution in [-0.4, -0.2) is 49.6 Å². The summed E-state index contributed by atoms with van der Waals surface area (Å²) in [6.45, 7) is 1.36. The molecule has 0 aliphatic carbocycles. The molecule has 1 aromatic rings. The molecule has 0 fully saturated rings. The van der Waals surface area contributed by atoms with Crippen LogP contribution in [0.1, 0.15) is 12.5 Å². The Kier molecular flexibility index (Phi) is 5.06. The van der Waals surface area contributed by atoms with Gasteiger partial charge in [-0.2, -0.15) is 0 Å². The minimum absolute atomic E-state index is 0.0638. The molecule has 10 heteroatoms. The molecule has 6 radical (unpaired) electrons. The van der Waals surface area contributed by atoms with E-state index in [1.165, 1.54) is 14.0 Å². The van der Waals surface area contributed by atoms with Crippen molar-refractivity contribution in [3.8, 4) is 17.2 Å². The minimum atomic E-state index is -4.90. The lowest BCUT2D eigenvalue weighted by atomic mass is 9.38. The number of nitrogens with two attached hydrogens (primary N) is 1. The first-order valence-corrected chi connectivity index (χ1v) is 6.01. The SMILES string of the molecule is [B]C(C)(N)C([B])([B])c1cc(OC)c(OC(F)(F)F)cc1OC. The highest BCUT2D eigenvalue weighted by Crippen LogP contribution is 2.42. The first-order valence-electron chi connectivity index (χ1n) is 6.01. The normalized spacial score (nSPS) is 15.0. The Balaban J connectivity index is 3.50. The quantitative estimate of drug-likeness (QED) is 0.823. The van der Waals surface area contributed by atoms with Crippen LogP contribution in [0.25, 0.3) is 0 Å². The van der Waals surface area contributed by atoms with Crippen molar-refractivity contribution >= 4 is 23.5 Å². The lowest BCUT2D eigenvalue weighted by molar-refractivity contribution is -0.275. The number of methoxy groups -OCH3 is 2. The maximum atomic E-state index is 12.4. The maximum Gasteiger partial charge on any atom is 0.573 e. The summed E-state index contributed by atoms with van der Waals surface area (Å²) in [5.74, 6) is -0.938. The van der Waals surface area contributed by atoms with E-state index in [0.29, 0.717) is 0 Å². The molecule has 0 amide bonds. The topological polar surface area (TPSA) is 53.7 Å². The van der Waals surface area contributed by atoms with Gasteiger partial charge in [-0.25, -0.2) is 0 Å². The summed E-state index contributed by atoms with van der Waals surface area (Å²) in [7, 11) is 19.9. The molecule has 1 atom stereocenters.